The van der Waals surface area contributed by atoms with Crippen LogP contribution in [0.1, 0.15) is 18.5 Å². The number of nitrogens with one attached hydrogen (secondary N) is 1. The smallest absolute Gasteiger partial charge is 0.241 e. The maximum Gasteiger partial charge on any atom is 0.261 e. The van der Waals surface area contributed by atoms with Gasteiger partial charge in [0.2, 0.25) is 5.03 Å². The maximum atomic E-state index is 13.5. The summed E-state index contributed by atoms with van der Waals surface area (Å²) in [4.78, 5) is 3.56. The number of rotatable bonds is 4. The fraction of sp³-hybridized carbons (Fsp3) is 0.154. The summed E-state index contributed by atoms with van der Waals surface area (Å²) in [7, 11) is -4.07. The van der Waals surface area contributed by atoms with Gasteiger partial charge in [-0.15, -0.1) is 0 Å². The lowest BCUT2D eigenvalue weighted by Crippen LogP contribution is -2.28. The summed E-state index contributed by atoms with van der Waals surface area (Å²) in [6.07, 6.45) is 1.21. The largest absolute Gasteiger partial charge is 0.261 e. The second kappa shape index (κ2) is 6.27. The van der Waals surface area contributed by atoms with Crippen molar-refractivity contribution in [2.45, 2.75) is 18.0 Å². The van der Waals surface area contributed by atoms with Gasteiger partial charge in [-0.1, -0.05) is 29.3 Å². The van der Waals surface area contributed by atoms with Crippen molar-refractivity contribution in [2.75, 3.05) is 0 Å². The monoisotopic (exact) mass is 348 g/mol. The summed E-state index contributed by atoms with van der Waals surface area (Å²) >= 11 is 11.7. The standard InChI is InChI=1S/C13H11Cl2FN2O2S/c1-8(9-4-5-10(14)11(15)7-9)18-21(19,20)13-12(16)3-2-6-17-13/h2-8,18H,1H3. The molecule has 2 aromatic rings. The lowest BCUT2D eigenvalue weighted by atomic mass is 10.1. The van der Waals surface area contributed by atoms with Crippen LogP contribution >= 0.6 is 23.2 Å². The Morgan fingerprint density at radius 3 is 2.57 bits per heavy atom. The lowest BCUT2D eigenvalue weighted by molar-refractivity contribution is 0.536. The number of benzene rings is 1. The van der Waals surface area contributed by atoms with Crippen LogP contribution in [-0.2, 0) is 10.0 Å². The van der Waals surface area contributed by atoms with Crippen molar-refractivity contribution in [2.24, 2.45) is 0 Å². The van der Waals surface area contributed by atoms with Crippen molar-refractivity contribution in [3.63, 3.8) is 0 Å². The van der Waals surface area contributed by atoms with Gasteiger partial charge in [0.25, 0.3) is 10.0 Å². The molecule has 4 nitrogen and oxygen atoms in total. The van der Waals surface area contributed by atoms with Crippen LogP contribution < -0.4 is 4.72 Å². The summed E-state index contributed by atoms with van der Waals surface area (Å²) in [5.74, 6) is -0.911. The van der Waals surface area contributed by atoms with E-state index in [9.17, 15) is 12.8 Å². The second-order valence-corrected chi connectivity index (χ2v) is 6.75. The Labute approximate surface area is 132 Å². The molecule has 1 aromatic heterocycles. The number of sulfonamides is 1. The molecule has 0 aliphatic rings. The molecule has 1 N–H and O–H groups in total. The Morgan fingerprint density at radius 1 is 1.24 bits per heavy atom. The first-order valence-electron chi connectivity index (χ1n) is 5.89. The molecule has 8 heteroatoms. The van der Waals surface area contributed by atoms with Crippen LogP contribution in [-0.4, -0.2) is 13.4 Å². The first kappa shape index (κ1) is 16.2. The van der Waals surface area contributed by atoms with E-state index in [0.29, 0.717) is 15.6 Å². The Bertz CT molecular complexity index is 769. The lowest BCUT2D eigenvalue weighted by Gasteiger charge is -2.15. The molecule has 0 aliphatic carbocycles. The fourth-order valence-corrected chi connectivity index (χ4v) is 3.25. The summed E-state index contributed by atoms with van der Waals surface area (Å²) < 4.78 is 40.1. The number of nitrogens with zero attached hydrogens (tertiary/aromatic N) is 1. The Balaban J connectivity index is 2.28. The molecular formula is C13H11Cl2FN2O2S. The topological polar surface area (TPSA) is 59.1 Å². The van der Waals surface area contributed by atoms with E-state index in [1.165, 1.54) is 12.3 Å². The minimum absolute atomic E-state index is 0.309. The normalized spacial score (nSPS) is 13.1. The van der Waals surface area contributed by atoms with Gasteiger partial charge >= 0.3 is 0 Å². The molecular weight excluding hydrogens is 338 g/mol. The molecule has 0 saturated heterocycles. The van der Waals surface area contributed by atoms with Gasteiger partial charge in [-0.25, -0.2) is 22.5 Å². The van der Waals surface area contributed by atoms with Gasteiger partial charge in [0.15, 0.2) is 5.82 Å². The molecule has 1 heterocycles. The van der Waals surface area contributed by atoms with Gasteiger partial charge in [-0.2, -0.15) is 0 Å². The van der Waals surface area contributed by atoms with E-state index in [1.807, 2.05) is 0 Å². The molecule has 2 rings (SSSR count). The highest BCUT2D eigenvalue weighted by molar-refractivity contribution is 7.89. The number of aromatic nitrogens is 1. The van der Waals surface area contributed by atoms with Crippen LogP contribution in [0.3, 0.4) is 0 Å². The van der Waals surface area contributed by atoms with Crippen molar-refractivity contribution in [3.05, 3.63) is 58.0 Å². The van der Waals surface area contributed by atoms with Crippen LogP contribution in [0.5, 0.6) is 0 Å². The zero-order valence-electron chi connectivity index (χ0n) is 10.8. The zero-order valence-corrected chi connectivity index (χ0v) is 13.2. The molecule has 0 fully saturated rings. The van der Waals surface area contributed by atoms with E-state index in [0.717, 1.165) is 6.07 Å². The molecule has 21 heavy (non-hydrogen) atoms. The Kier molecular flexibility index (Phi) is 4.83. The zero-order chi connectivity index (χ0) is 15.6. The molecule has 0 radical (unpaired) electrons. The third-order valence-corrected chi connectivity index (χ3v) is 4.97. The van der Waals surface area contributed by atoms with E-state index >= 15 is 0 Å². The van der Waals surface area contributed by atoms with E-state index in [4.69, 9.17) is 23.2 Å². The number of pyridine rings is 1. The highest BCUT2D eigenvalue weighted by Crippen LogP contribution is 2.26. The van der Waals surface area contributed by atoms with Crippen molar-refractivity contribution in [1.82, 2.24) is 9.71 Å². The molecule has 1 atom stereocenters. The molecule has 112 valence electrons. The van der Waals surface area contributed by atoms with E-state index in [1.54, 1.807) is 25.1 Å². The van der Waals surface area contributed by atoms with Crippen LogP contribution in [0, 0.1) is 5.82 Å². The maximum absolute atomic E-state index is 13.5. The van der Waals surface area contributed by atoms with Gasteiger partial charge in [0, 0.05) is 12.2 Å². The van der Waals surface area contributed by atoms with E-state index in [-0.39, 0.29) is 0 Å². The fourth-order valence-electron chi connectivity index (χ4n) is 1.71. The van der Waals surface area contributed by atoms with Gasteiger partial charge < -0.3 is 0 Å². The van der Waals surface area contributed by atoms with Crippen molar-refractivity contribution in [1.29, 1.82) is 0 Å². The SMILES string of the molecule is CC(NS(=O)(=O)c1ncccc1F)c1ccc(Cl)c(Cl)c1. The Morgan fingerprint density at radius 2 is 1.95 bits per heavy atom. The molecule has 0 saturated carbocycles. The van der Waals surface area contributed by atoms with Crippen molar-refractivity contribution < 1.29 is 12.8 Å². The average molecular weight is 349 g/mol. The van der Waals surface area contributed by atoms with E-state index < -0.39 is 26.9 Å². The summed E-state index contributed by atoms with van der Waals surface area (Å²) in [6, 6.07) is 6.47. The molecule has 0 spiro atoms. The van der Waals surface area contributed by atoms with Gasteiger partial charge in [-0.3, -0.25) is 0 Å². The molecule has 0 bridgehead atoms. The molecule has 0 aliphatic heterocycles. The predicted octanol–water partition coefficient (Wildman–Crippen LogP) is 3.57. The van der Waals surface area contributed by atoms with Gasteiger partial charge in [0.05, 0.1) is 10.0 Å². The average Bonchev–Trinajstić information content (AvgIpc) is 2.41. The molecule has 0 amide bonds. The van der Waals surface area contributed by atoms with Crippen molar-refractivity contribution >= 4 is 33.2 Å². The third-order valence-electron chi connectivity index (χ3n) is 2.75. The summed E-state index contributed by atoms with van der Waals surface area (Å²) in [5, 5.41) is 0.0346. The highest BCUT2D eigenvalue weighted by atomic mass is 35.5. The van der Waals surface area contributed by atoms with Crippen LogP contribution in [0.15, 0.2) is 41.6 Å². The molecule has 1 aromatic carbocycles. The quantitative estimate of drug-likeness (QED) is 0.918. The van der Waals surface area contributed by atoms with Gasteiger partial charge in [0.1, 0.15) is 0 Å². The van der Waals surface area contributed by atoms with Crippen molar-refractivity contribution in [3.8, 4) is 0 Å². The Hall–Kier alpha value is -1.21. The summed E-state index contributed by atoms with van der Waals surface area (Å²) in [5.41, 5.74) is 0.601. The number of hydrogen-bond acceptors (Lipinski definition) is 3. The van der Waals surface area contributed by atoms with Crippen LogP contribution in [0.2, 0.25) is 10.0 Å². The number of halogens is 3. The van der Waals surface area contributed by atoms with Gasteiger partial charge in [-0.05, 0) is 36.8 Å². The van der Waals surface area contributed by atoms with Crippen LogP contribution in [0.4, 0.5) is 4.39 Å². The summed E-state index contributed by atoms with van der Waals surface area (Å²) in [6.45, 7) is 1.61. The molecule has 1 unspecified atom stereocenters. The second-order valence-electron chi connectivity index (χ2n) is 4.31. The first-order valence-corrected chi connectivity index (χ1v) is 8.13. The minimum atomic E-state index is -4.07. The minimum Gasteiger partial charge on any atom is -0.241 e. The predicted molar refractivity (Wildman–Crippen MR) is 79.4 cm³/mol. The number of hydrogen-bond donors (Lipinski definition) is 1. The first-order chi connectivity index (χ1) is 9.81. The van der Waals surface area contributed by atoms with Crippen LogP contribution in [0.25, 0.3) is 0 Å². The van der Waals surface area contributed by atoms with E-state index in [2.05, 4.69) is 9.71 Å². The third kappa shape index (κ3) is 3.71. The highest BCUT2D eigenvalue weighted by Gasteiger charge is 2.23.